The predicted molar refractivity (Wildman–Crippen MR) is 68.5 cm³/mol. The molecule has 0 spiro atoms. The van der Waals surface area contributed by atoms with Crippen molar-refractivity contribution in [3.8, 4) is 0 Å². The van der Waals surface area contributed by atoms with E-state index in [1.807, 2.05) is 0 Å². The first-order chi connectivity index (χ1) is 8.99. The van der Waals surface area contributed by atoms with Gasteiger partial charge in [-0.2, -0.15) is 0 Å². The molecule has 0 saturated heterocycles. The molecule has 6 nitrogen and oxygen atoms in total. The summed E-state index contributed by atoms with van der Waals surface area (Å²) in [5.41, 5.74) is 0.729. The molecule has 1 aliphatic rings. The smallest absolute Gasteiger partial charge is 0.334 e. The molecule has 1 aliphatic heterocycles. The van der Waals surface area contributed by atoms with E-state index < -0.39 is 16.8 Å². The van der Waals surface area contributed by atoms with E-state index in [0.717, 1.165) is 0 Å². The number of carboxylic acids is 1. The van der Waals surface area contributed by atoms with Crippen LogP contribution in [-0.4, -0.2) is 27.9 Å². The van der Waals surface area contributed by atoms with Crippen LogP contribution in [0.2, 0.25) is 0 Å². The molecule has 1 aromatic carbocycles. The largest absolute Gasteiger partial charge is 0.478 e. The predicted octanol–water partition coefficient (Wildman–Crippen LogP) is 2.11. The lowest BCUT2D eigenvalue weighted by Crippen LogP contribution is -2.18. The fourth-order valence-electron chi connectivity index (χ4n) is 1.98. The standard InChI is InChI=1S/C13H12N2O4/c1-14-6-5-11(12(8-14)13(16)17)9-3-2-4-10(7-9)15(18)19/h2-8,11H,1H3,(H,16,17). The monoisotopic (exact) mass is 260 g/mol. The second kappa shape index (κ2) is 4.93. The van der Waals surface area contributed by atoms with Gasteiger partial charge in [0.2, 0.25) is 0 Å². The Kier molecular flexibility index (Phi) is 3.33. The van der Waals surface area contributed by atoms with E-state index in [0.29, 0.717) is 5.56 Å². The van der Waals surface area contributed by atoms with Crippen LogP contribution in [-0.2, 0) is 4.79 Å². The highest BCUT2D eigenvalue weighted by molar-refractivity contribution is 5.89. The number of nitro groups is 1. The van der Waals surface area contributed by atoms with Gasteiger partial charge in [-0.25, -0.2) is 4.79 Å². The van der Waals surface area contributed by atoms with Crippen LogP contribution >= 0.6 is 0 Å². The van der Waals surface area contributed by atoms with Gasteiger partial charge < -0.3 is 10.0 Å². The molecule has 1 aromatic rings. The first-order valence-electron chi connectivity index (χ1n) is 5.58. The average molecular weight is 260 g/mol. The van der Waals surface area contributed by atoms with Gasteiger partial charge in [-0.1, -0.05) is 18.2 Å². The van der Waals surface area contributed by atoms with E-state index in [2.05, 4.69) is 0 Å². The van der Waals surface area contributed by atoms with E-state index in [1.54, 1.807) is 36.4 Å². The Morgan fingerprint density at radius 2 is 2.21 bits per heavy atom. The number of carbonyl (C=O) groups is 1. The highest BCUT2D eigenvalue weighted by Crippen LogP contribution is 2.31. The van der Waals surface area contributed by atoms with Crippen molar-refractivity contribution in [1.82, 2.24) is 4.90 Å². The second-order valence-corrected chi connectivity index (χ2v) is 4.23. The van der Waals surface area contributed by atoms with E-state index >= 15 is 0 Å². The van der Waals surface area contributed by atoms with Crippen molar-refractivity contribution in [2.24, 2.45) is 0 Å². The molecule has 0 saturated carbocycles. The SMILES string of the molecule is CN1C=CC(c2cccc([N+](=O)[O-])c2)C(C(=O)O)=C1. The molecule has 0 aromatic heterocycles. The lowest BCUT2D eigenvalue weighted by molar-refractivity contribution is -0.384. The van der Waals surface area contributed by atoms with Gasteiger partial charge in [0.15, 0.2) is 0 Å². The zero-order valence-electron chi connectivity index (χ0n) is 10.2. The van der Waals surface area contributed by atoms with Crippen LogP contribution in [0.4, 0.5) is 5.69 Å². The minimum atomic E-state index is -1.03. The van der Waals surface area contributed by atoms with Crippen molar-refractivity contribution in [1.29, 1.82) is 0 Å². The summed E-state index contributed by atoms with van der Waals surface area (Å²) in [6, 6.07) is 6.02. The number of hydrogen-bond acceptors (Lipinski definition) is 4. The third-order valence-electron chi connectivity index (χ3n) is 2.88. The Balaban J connectivity index is 2.43. The molecule has 2 rings (SSSR count). The summed E-state index contributed by atoms with van der Waals surface area (Å²) in [5.74, 6) is -1.51. The van der Waals surface area contributed by atoms with Gasteiger partial charge in [-0.3, -0.25) is 10.1 Å². The highest BCUT2D eigenvalue weighted by Gasteiger charge is 2.24. The molecule has 0 aliphatic carbocycles. The molecule has 6 heteroatoms. The van der Waals surface area contributed by atoms with Crippen molar-refractivity contribution in [2.45, 2.75) is 5.92 Å². The molecule has 1 atom stereocenters. The van der Waals surface area contributed by atoms with Gasteiger partial charge in [0.05, 0.1) is 10.5 Å². The summed E-state index contributed by atoms with van der Waals surface area (Å²) < 4.78 is 0. The number of nitrogens with zero attached hydrogens (tertiary/aromatic N) is 2. The minimum absolute atomic E-state index is 0.0467. The molecule has 0 bridgehead atoms. The van der Waals surface area contributed by atoms with Gasteiger partial charge in [0.25, 0.3) is 5.69 Å². The van der Waals surface area contributed by atoms with Crippen LogP contribution < -0.4 is 0 Å². The maximum Gasteiger partial charge on any atom is 0.334 e. The number of aliphatic carboxylic acids is 1. The van der Waals surface area contributed by atoms with Crippen LogP contribution in [0.25, 0.3) is 0 Å². The third kappa shape index (κ3) is 2.62. The van der Waals surface area contributed by atoms with Crippen LogP contribution in [0.15, 0.2) is 48.3 Å². The lowest BCUT2D eigenvalue weighted by Gasteiger charge is -2.22. The van der Waals surface area contributed by atoms with Crippen LogP contribution in [0.5, 0.6) is 0 Å². The second-order valence-electron chi connectivity index (χ2n) is 4.23. The topological polar surface area (TPSA) is 83.7 Å². The fourth-order valence-corrected chi connectivity index (χ4v) is 1.98. The Labute approximate surface area is 109 Å². The number of allylic oxidation sites excluding steroid dienone is 1. The fraction of sp³-hybridized carbons (Fsp3) is 0.154. The van der Waals surface area contributed by atoms with Crippen LogP contribution in [0.3, 0.4) is 0 Å². The van der Waals surface area contributed by atoms with E-state index in [-0.39, 0.29) is 11.3 Å². The number of benzene rings is 1. The molecule has 0 amide bonds. The molecule has 98 valence electrons. The van der Waals surface area contributed by atoms with E-state index in [1.165, 1.54) is 18.3 Å². The Bertz CT molecular complexity index is 592. The van der Waals surface area contributed by atoms with Crippen molar-refractivity contribution < 1.29 is 14.8 Å². The van der Waals surface area contributed by atoms with E-state index in [4.69, 9.17) is 0 Å². The third-order valence-corrected chi connectivity index (χ3v) is 2.88. The minimum Gasteiger partial charge on any atom is -0.478 e. The van der Waals surface area contributed by atoms with E-state index in [9.17, 15) is 20.0 Å². The van der Waals surface area contributed by atoms with Crippen molar-refractivity contribution in [3.05, 3.63) is 64.0 Å². The summed E-state index contributed by atoms with van der Waals surface area (Å²) in [7, 11) is 1.73. The zero-order valence-corrected chi connectivity index (χ0v) is 10.2. The van der Waals surface area contributed by atoms with Crippen molar-refractivity contribution in [3.63, 3.8) is 0 Å². The number of non-ortho nitro benzene ring substituents is 1. The molecular weight excluding hydrogens is 248 g/mol. The summed E-state index contributed by atoms with van der Waals surface area (Å²) >= 11 is 0. The first-order valence-corrected chi connectivity index (χ1v) is 5.58. The summed E-state index contributed by atoms with van der Waals surface area (Å²) in [5, 5.41) is 20.0. The number of hydrogen-bond donors (Lipinski definition) is 1. The van der Waals surface area contributed by atoms with Crippen molar-refractivity contribution in [2.75, 3.05) is 7.05 Å². The summed E-state index contributed by atoms with van der Waals surface area (Å²) in [6.45, 7) is 0. The Hall–Kier alpha value is -2.63. The first kappa shape index (κ1) is 12.8. The van der Waals surface area contributed by atoms with Crippen molar-refractivity contribution >= 4 is 11.7 Å². The maximum absolute atomic E-state index is 11.2. The number of nitro benzene ring substituents is 1. The molecule has 0 radical (unpaired) electrons. The lowest BCUT2D eigenvalue weighted by atomic mass is 9.90. The normalized spacial score (nSPS) is 18.1. The summed E-state index contributed by atoms with van der Waals surface area (Å²) in [4.78, 5) is 23.1. The molecule has 1 heterocycles. The Morgan fingerprint density at radius 1 is 1.47 bits per heavy atom. The summed E-state index contributed by atoms with van der Waals surface area (Å²) in [6.07, 6.45) is 4.95. The van der Waals surface area contributed by atoms with Gasteiger partial charge in [-0.05, 0) is 5.56 Å². The molecule has 19 heavy (non-hydrogen) atoms. The highest BCUT2D eigenvalue weighted by atomic mass is 16.6. The van der Waals surface area contributed by atoms with Gasteiger partial charge in [-0.15, -0.1) is 0 Å². The van der Waals surface area contributed by atoms with Crippen LogP contribution in [0.1, 0.15) is 11.5 Å². The molecule has 0 fully saturated rings. The van der Waals surface area contributed by atoms with Gasteiger partial charge in [0.1, 0.15) is 0 Å². The Morgan fingerprint density at radius 3 is 2.84 bits per heavy atom. The maximum atomic E-state index is 11.2. The molecule has 1 unspecified atom stereocenters. The quantitative estimate of drug-likeness (QED) is 0.664. The molecular formula is C13H12N2O4. The van der Waals surface area contributed by atoms with Gasteiger partial charge in [0, 0.05) is 37.5 Å². The number of rotatable bonds is 3. The van der Waals surface area contributed by atoms with Crippen LogP contribution in [0, 0.1) is 10.1 Å². The average Bonchev–Trinajstić information content (AvgIpc) is 2.38. The number of carboxylic acid groups (broad SMARTS) is 1. The molecule has 1 N–H and O–H groups in total. The van der Waals surface area contributed by atoms with Gasteiger partial charge >= 0.3 is 5.97 Å². The zero-order chi connectivity index (χ0) is 14.0.